The van der Waals surface area contributed by atoms with E-state index < -0.39 is 0 Å². The monoisotopic (exact) mass is 677 g/mol. The zero-order valence-corrected chi connectivity index (χ0v) is 28.7. The van der Waals surface area contributed by atoms with Gasteiger partial charge in [0, 0.05) is 66.5 Å². The van der Waals surface area contributed by atoms with Gasteiger partial charge in [0.25, 0.3) is 0 Å². The highest BCUT2D eigenvalue weighted by atomic mass is 16.3. The van der Waals surface area contributed by atoms with Crippen molar-refractivity contribution in [2.24, 2.45) is 0 Å². The molecule has 4 heterocycles. The highest BCUT2D eigenvalue weighted by Gasteiger charge is 2.20. The van der Waals surface area contributed by atoms with Gasteiger partial charge in [0.05, 0.1) is 27.6 Å². The van der Waals surface area contributed by atoms with E-state index in [1.165, 1.54) is 71.0 Å². The molecule has 4 heteroatoms. The summed E-state index contributed by atoms with van der Waals surface area (Å²) in [6.45, 7) is 0.797. The van der Waals surface area contributed by atoms with E-state index in [4.69, 9.17) is 4.42 Å². The van der Waals surface area contributed by atoms with E-state index in [1.54, 1.807) is 0 Å². The highest BCUT2D eigenvalue weighted by Crippen LogP contribution is 2.41. The Hall–Kier alpha value is -7.04. The summed E-state index contributed by atoms with van der Waals surface area (Å²) >= 11 is 0. The van der Waals surface area contributed by atoms with Crippen LogP contribution in [0.15, 0.2) is 180 Å². The first kappa shape index (κ1) is 28.6. The van der Waals surface area contributed by atoms with Crippen LogP contribution >= 0.6 is 0 Å². The summed E-state index contributed by atoms with van der Waals surface area (Å²) in [6, 6.07) is 63.9. The molecule has 0 amide bonds. The van der Waals surface area contributed by atoms with E-state index in [2.05, 4.69) is 177 Å². The zero-order valence-electron chi connectivity index (χ0n) is 28.7. The molecule has 0 bridgehead atoms. The van der Waals surface area contributed by atoms with Crippen molar-refractivity contribution in [2.75, 3.05) is 0 Å². The largest absolute Gasteiger partial charge is 0.456 e. The number of para-hydroxylation sites is 4. The number of nitrogens with zero attached hydrogens (tertiary/aromatic N) is 3. The molecule has 0 aliphatic heterocycles. The van der Waals surface area contributed by atoms with Crippen LogP contribution in [0.25, 0.3) is 98.7 Å². The summed E-state index contributed by atoms with van der Waals surface area (Å²) in [4.78, 5) is 0. The summed E-state index contributed by atoms with van der Waals surface area (Å²) in [5, 5.41) is 9.74. The van der Waals surface area contributed by atoms with Gasteiger partial charge in [0.2, 0.25) is 0 Å². The number of furan rings is 1. The van der Waals surface area contributed by atoms with E-state index in [-0.39, 0.29) is 0 Å². The lowest BCUT2D eigenvalue weighted by Gasteiger charge is -2.10. The van der Waals surface area contributed by atoms with Crippen molar-refractivity contribution in [1.29, 1.82) is 0 Å². The van der Waals surface area contributed by atoms with E-state index >= 15 is 0 Å². The topological polar surface area (TPSA) is 27.9 Å². The first-order chi connectivity index (χ1) is 26.3. The molecule has 12 rings (SSSR count). The Morgan fingerprint density at radius 2 is 0.811 bits per heavy atom. The number of hydrogen-bond donors (Lipinski definition) is 0. The summed E-state index contributed by atoms with van der Waals surface area (Å²) in [7, 11) is 0. The molecule has 0 aliphatic rings. The van der Waals surface area contributed by atoms with Crippen molar-refractivity contribution in [3.63, 3.8) is 0 Å². The summed E-state index contributed by atoms with van der Waals surface area (Å²) in [5.41, 5.74) is 12.6. The predicted molar refractivity (Wildman–Crippen MR) is 221 cm³/mol. The Balaban J connectivity index is 1.20. The molecule has 8 aromatic carbocycles. The van der Waals surface area contributed by atoms with Gasteiger partial charge in [-0.25, -0.2) is 0 Å². The molecular weight excluding hydrogens is 647 g/mol. The molecule has 0 N–H and O–H groups in total. The molecule has 0 atom stereocenters. The fourth-order valence-corrected chi connectivity index (χ4v) is 8.96. The molecule has 0 radical (unpaired) electrons. The molecule has 0 fully saturated rings. The van der Waals surface area contributed by atoms with Gasteiger partial charge in [-0.1, -0.05) is 103 Å². The molecule has 53 heavy (non-hydrogen) atoms. The Morgan fingerprint density at radius 3 is 1.57 bits per heavy atom. The van der Waals surface area contributed by atoms with Gasteiger partial charge in [-0.2, -0.15) is 0 Å². The highest BCUT2D eigenvalue weighted by molar-refractivity contribution is 6.19. The van der Waals surface area contributed by atoms with Crippen LogP contribution in [-0.2, 0) is 6.54 Å². The molecule has 4 nitrogen and oxygen atoms in total. The van der Waals surface area contributed by atoms with Gasteiger partial charge in [0.1, 0.15) is 11.2 Å². The summed E-state index contributed by atoms with van der Waals surface area (Å²) in [5.74, 6) is 0. The molecule has 0 saturated heterocycles. The molecule has 12 aromatic rings. The van der Waals surface area contributed by atoms with Crippen LogP contribution in [-0.4, -0.2) is 13.7 Å². The van der Waals surface area contributed by atoms with Crippen molar-refractivity contribution in [2.45, 2.75) is 6.54 Å². The van der Waals surface area contributed by atoms with Crippen LogP contribution in [0.3, 0.4) is 0 Å². The third-order valence-electron chi connectivity index (χ3n) is 11.3. The van der Waals surface area contributed by atoms with Gasteiger partial charge < -0.3 is 18.1 Å². The summed E-state index contributed by atoms with van der Waals surface area (Å²) < 4.78 is 13.6. The van der Waals surface area contributed by atoms with Crippen LogP contribution in [0.4, 0.5) is 0 Å². The number of benzene rings is 8. The smallest absolute Gasteiger partial charge is 0.135 e. The maximum absolute atomic E-state index is 6.27. The first-order valence-corrected chi connectivity index (χ1v) is 18.2. The molecule has 4 aromatic heterocycles. The lowest BCUT2D eigenvalue weighted by Crippen LogP contribution is -1.99. The predicted octanol–water partition coefficient (Wildman–Crippen LogP) is 12.9. The number of rotatable bonds is 4. The van der Waals surface area contributed by atoms with E-state index in [0.717, 1.165) is 39.9 Å². The standard InChI is InChI=1S/C49H31N3O/c1-2-12-31(13-3-1)30-50-42-18-8-4-16-36(42)39-29-47-40(28-46(39)50)38-26-32(51-43-19-9-5-14-34(43)35-15-6-10-20-44(35)51)22-24-45(38)52(47)33-23-25-49-41(27-33)37-17-7-11-21-48(37)53-49/h1-29H,30H2. The van der Waals surface area contributed by atoms with Crippen molar-refractivity contribution in [3.8, 4) is 11.4 Å². The number of aromatic nitrogens is 3. The quantitative estimate of drug-likeness (QED) is 0.182. The fraction of sp³-hybridized carbons (Fsp3) is 0.0204. The molecule has 0 unspecified atom stereocenters. The second-order valence-electron chi connectivity index (χ2n) is 14.2. The van der Waals surface area contributed by atoms with Crippen LogP contribution in [0, 0.1) is 0 Å². The van der Waals surface area contributed by atoms with Crippen molar-refractivity contribution in [1.82, 2.24) is 13.7 Å². The van der Waals surface area contributed by atoms with Crippen molar-refractivity contribution >= 4 is 87.4 Å². The third-order valence-corrected chi connectivity index (χ3v) is 11.3. The van der Waals surface area contributed by atoms with Crippen molar-refractivity contribution < 1.29 is 4.42 Å². The molecular formula is C49H31N3O. The normalized spacial score (nSPS) is 12.2. The molecule has 248 valence electrons. The lowest BCUT2D eigenvalue weighted by molar-refractivity contribution is 0.669. The second-order valence-corrected chi connectivity index (χ2v) is 14.2. The van der Waals surface area contributed by atoms with Gasteiger partial charge in [-0.15, -0.1) is 0 Å². The van der Waals surface area contributed by atoms with Gasteiger partial charge in [0.15, 0.2) is 0 Å². The first-order valence-electron chi connectivity index (χ1n) is 18.2. The molecule has 0 spiro atoms. The third kappa shape index (κ3) is 4.06. The minimum atomic E-state index is 0.797. The van der Waals surface area contributed by atoms with Gasteiger partial charge in [-0.3, -0.25) is 0 Å². The Bertz CT molecular complexity index is 3370. The van der Waals surface area contributed by atoms with E-state index in [0.29, 0.717) is 0 Å². The van der Waals surface area contributed by atoms with Crippen molar-refractivity contribution in [3.05, 3.63) is 181 Å². The molecule has 0 saturated carbocycles. The molecule has 0 aliphatic carbocycles. The number of fused-ring (bicyclic) bond motifs is 12. The Labute approximate surface area is 303 Å². The van der Waals surface area contributed by atoms with Crippen LogP contribution in [0.2, 0.25) is 0 Å². The number of hydrogen-bond acceptors (Lipinski definition) is 1. The van der Waals surface area contributed by atoms with Crippen LogP contribution in [0.5, 0.6) is 0 Å². The Kier molecular flexibility index (Phi) is 5.80. The maximum atomic E-state index is 6.27. The van der Waals surface area contributed by atoms with Gasteiger partial charge in [-0.05, 0) is 78.4 Å². The van der Waals surface area contributed by atoms with Crippen LogP contribution < -0.4 is 0 Å². The summed E-state index contributed by atoms with van der Waals surface area (Å²) in [6.07, 6.45) is 0. The SMILES string of the molecule is c1ccc(Cn2c3ccccc3c3cc4c(cc32)c2cc(-n3c5ccccc5c5ccccc53)ccc2n4-c2ccc3oc4ccccc4c3c2)cc1. The minimum absolute atomic E-state index is 0.797. The zero-order chi connectivity index (χ0) is 34.6. The van der Waals surface area contributed by atoms with Gasteiger partial charge >= 0.3 is 0 Å². The minimum Gasteiger partial charge on any atom is -0.456 e. The average molecular weight is 678 g/mol. The van der Waals surface area contributed by atoms with Crippen LogP contribution in [0.1, 0.15) is 5.56 Å². The average Bonchev–Trinajstić information content (AvgIpc) is 3.94. The van der Waals surface area contributed by atoms with E-state index in [1.807, 2.05) is 12.1 Å². The Morgan fingerprint density at radius 1 is 0.321 bits per heavy atom. The fourth-order valence-electron chi connectivity index (χ4n) is 8.96. The van der Waals surface area contributed by atoms with E-state index in [9.17, 15) is 0 Å². The maximum Gasteiger partial charge on any atom is 0.135 e. The second kappa shape index (κ2) is 10.7. The lowest BCUT2D eigenvalue weighted by atomic mass is 10.1.